The number of aliphatic hydroxyl groups is 3. The maximum absolute atomic E-state index is 11.4. The van der Waals surface area contributed by atoms with Crippen LogP contribution in [0.2, 0.25) is 10.0 Å². The Balaban J connectivity index is 2.24. The summed E-state index contributed by atoms with van der Waals surface area (Å²) in [5, 5.41) is 30.5. The average Bonchev–Trinajstić information content (AvgIpc) is 2.94. The Kier molecular flexibility index (Phi) is 4.72. The zero-order valence-electron chi connectivity index (χ0n) is 11.5. The fourth-order valence-electron chi connectivity index (χ4n) is 2.75. The van der Waals surface area contributed by atoms with Gasteiger partial charge in [-0.25, -0.2) is 0 Å². The summed E-state index contributed by atoms with van der Waals surface area (Å²) >= 11 is 15.4. The number of ether oxygens (including phenoxy) is 1. The first-order chi connectivity index (χ1) is 10.9. The first-order valence-corrected chi connectivity index (χ1v) is 8.21. The van der Waals surface area contributed by atoms with Gasteiger partial charge in [-0.05, 0) is 28.1 Å². The molecule has 3 rings (SSSR count). The molecule has 2 heterocycles. The lowest BCUT2D eigenvalue weighted by Gasteiger charge is -2.19. The Morgan fingerprint density at radius 3 is 2.48 bits per heavy atom. The second-order valence-electron chi connectivity index (χ2n) is 5.20. The minimum Gasteiger partial charge on any atom is -0.394 e. The zero-order valence-corrected chi connectivity index (χ0v) is 14.6. The molecule has 0 spiro atoms. The van der Waals surface area contributed by atoms with Crippen LogP contribution in [0, 0.1) is 0 Å². The van der Waals surface area contributed by atoms with Gasteiger partial charge in [0, 0.05) is 5.39 Å². The highest BCUT2D eigenvalue weighted by molar-refractivity contribution is 9.10. The fraction of sp³-hybridized carbons (Fsp3) is 0.357. The van der Waals surface area contributed by atoms with E-state index in [0.717, 1.165) is 0 Å². The first kappa shape index (κ1) is 17.2. The van der Waals surface area contributed by atoms with Crippen LogP contribution in [0.25, 0.3) is 10.9 Å². The van der Waals surface area contributed by atoms with E-state index in [-0.39, 0.29) is 10.0 Å². The third-order valence-electron chi connectivity index (χ3n) is 3.91. The predicted molar refractivity (Wildman–Crippen MR) is 88.1 cm³/mol. The third kappa shape index (κ3) is 2.60. The van der Waals surface area contributed by atoms with Crippen LogP contribution in [0.5, 0.6) is 0 Å². The largest absolute Gasteiger partial charge is 0.394 e. The molecule has 4 atom stereocenters. The quantitative estimate of drug-likeness (QED) is 0.656. The molecule has 1 aliphatic heterocycles. The topological polar surface area (TPSA) is 91.9 Å². The Bertz CT molecular complexity index is 780. The van der Waals surface area contributed by atoms with Crippen LogP contribution < -0.4 is 0 Å². The third-order valence-corrected chi connectivity index (χ3v) is 5.44. The minimum atomic E-state index is -1.28. The number of hydrogen-bond acceptors (Lipinski definition) is 5. The molecular weight excluding hydrogens is 413 g/mol. The van der Waals surface area contributed by atoms with E-state index < -0.39 is 31.1 Å². The van der Waals surface area contributed by atoms with Crippen molar-refractivity contribution in [2.75, 3.05) is 6.61 Å². The van der Waals surface area contributed by atoms with E-state index in [1.54, 1.807) is 12.1 Å². The van der Waals surface area contributed by atoms with Gasteiger partial charge in [-0.15, -0.1) is 0 Å². The van der Waals surface area contributed by atoms with Gasteiger partial charge in [-0.3, -0.25) is 4.79 Å². The highest BCUT2D eigenvalue weighted by Gasteiger charge is 2.44. The van der Waals surface area contributed by atoms with Gasteiger partial charge in [0.2, 0.25) is 0 Å². The average molecular weight is 425 g/mol. The molecule has 3 N–H and O–H groups in total. The molecule has 0 aliphatic carbocycles. The highest BCUT2D eigenvalue weighted by Crippen LogP contribution is 2.40. The smallest absolute Gasteiger partial charge is 0.164 e. The Labute approximate surface area is 149 Å². The lowest BCUT2D eigenvalue weighted by atomic mass is 10.1. The summed E-state index contributed by atoms with van der Waals surface area (Å²) in [5.41, 5.74) is 0.819. The van der Waals surface area contributed by atoms with Gasteiger partial charge in [0.1, 0.15) is 18.3 Å². The lowest BCUT2D eigenvalue weighted by molar-refractivity contribution is -0.0515. The summed E-state index contributed by atoms with van der Waals surface area (Å²) in [4.78, 5) is 11.4. The number of benzene rings is 1. The van der Waals surface area contributed by atoms with Crippen molar-refractivity contribution in [3.63, 3.8) is 0 Å². The molecule has 1 fully saturated rings. The molecule has 1 saturated heterocycles. The van der Waals surface area contributed by atoms with Crippen LogP contribution in [0.15, 0.2) is 16.7 Å². The normalized spacial score (nSPS) is 27.7. The van der Waals surface area contributed by atoms with Crippen molar-refractivity contribution in [2.45, 2.75) is 24.5 Å². The number of aliphatic hydroxyl groups excluding tert-OH is 3. The molecule has 0 bridgehead atoms. The van der Waals surface area contributed by atoms with Crippen molar-refractivity contribution in [1.82, 2.24) is 4.57 Å². The van der Waals surface area contributed by atoms with Crippen LogP contribution in [0.4, 0.5) is 0 Å². The molecule has 1 aromatic carbocycles. The van der Waals surface area contributed by atoms with Crippen molar-refractivity contribution in [1.29, 1.82) is 0 Å². The van der Waals surface area contributed by atoms with Crippen LogP contribution in [0.3, 0.4) is 0 Å². The molecule has 1 aromatic heterocycles. The summed E-state index contributed by atoms with van der Waals surface area (Å²) < 4.78 is 7.39. The molecule has 0 amide bonds. The van der Waals surface area contributed by atoms with Crippen molar-refractivity contribution < 1.29 is 24.9 Å². The van der Waals surface area contributed by atoms with Gasteiger partial charge in [0.15, 0.2) is 12.5 Å². The SMILES string of the molecule is O=Cc1c(Br)n([C@@H]2O[C@H](CO)C(O)C2O)c2cc(Cl)c(Cl)cc12. The summed E-state index contributed by atoms with van der Waals surface area (Å²) in [6.45, 7) is -0.446. The number of carbonyl (C=O) groups is 1. The van der Waals surface area contributed by atoms with E-state index in [0.29, 0.717) is 27.4 Å². The van der Waals surface area contributed by atoms with Crippen molar-refractivity contribution >= 4 is 56.3 Å². The molecule has 1 aliphatic rings. The maximum Gasteiger partial charge on any atom is 0.164 e. The Morgan fingerprint density at radius 2 is 1.91 bits per heavy atom. The molecule has 2 unspecified atom stereocenters. The van der Waals surface area contributed by atoms with Crippen molar-refractivity contribution in [3.8, 4) is 0 Å². The summed E-state index contributed by atoms with van der Waals surface area (Å²) in [5.74, 6) is 0. The second kappa shape index (κ2) is 6.33. The standard InChI is InChI=1S/C14H12BrCl2NO5/c15-13-6(3-19)5-1-7(16)8(17)2-9(5)18(13)14-12(22)11(21)10(4-20)23-14/h1-3,10-12,14,20-22H,4H2/t10-,11?,12?,14-/m1/s1. The molecule has 124 valence electrons. The van der Waals surface area contributed by atoms with Gasteiger partial charge in [-0.1, -0.05) is 23.2 Å². The summed E-state index contributed by atoms with van der Waals surface area (Å²) in [7, 11) is 0. The van der Waals surface area contributed by atoms with Crippen molar-refractivity contribution in [2.24, 2.45) is 0 Å². The number of fused-ring (bicyclic) bond motifs is 1. The molecular formula is C14H12BrCl2NO5. The monoisotopic (exact) mass is 423 g/mol. The van der Waals surface area contributed by atoms with Crippen LogP contribution in [-0.4, -0.2) is 51.1 Å². The molecule has 9 heteroatoms. The Hall–Kier alpha value is -0.670. The molecule has 0 saturated carbocycles. The van der Waals surface area contributed by atoms with Gasteiger partial charge in [0.05, 0.1) is 32.3 Å². The molecule has 23 heavy (non-hydrogen) atoms. The number of aldehydes is 1. The van der Waals surface area contributed by atoms with E-state index in [2.05, 4.69) is 15.9 Å². The highest BCUT2D eigenvalue weighted by atomic mass is 79.9. The fourth-order valence-corrected chi connectivity index (χ4v) is 3.77. The van der Waals surface area contributed by atoms with Gasteiger partial charge in [0.25, 0.3) is 0 Å². The van der Waals surface area contributed by atoms with E-state index >= 15 is 0 Å². The van der Waals surface area contributed by atoms with Gasteiger partial charge in [-0.2, -0.15) is 0 Å². The van der Waals surface area contributed by atoms with E-state index in [1.807, 2.05) is 0 Å². The van der Waals surface area contributed by atoms with E-state index in [4.69, 9.17) is 27.9 Å². The van der Waals surface area contributed by atoms with E-state index in [1.165, 1.54) is 4.57 Å². The van der Waals surface area contributed by atoms with Gasteiger partial charge >= 0.3 is 0 Å². The maximum atomic E-state index is 11.4. The number of aromatic nitrogens is 1. The summed E-state index contributed by atoms with van der Waals surface area (Å²) in [6.07, 6.45) is -3.81. The lowest BCUT2D eigenvalue weighted by Crippen LogP contribution is -2.33. The first-order valence-electron chi connectivity index (χ1n) is 6.66. The predicted octanol–water partition coefficient (Wildman–Crippen LogP) is 2.13. The van der Waals surface area contributed by atoms with Crippen LogP contribution in [-0.2, 0) is 4.74 Å². The number of hydrogen-bond donors (Lipinski definition) is 3. The molecule has 6 nitrogen and oxygen atoms in total. The summed E-state index contributed by atoms with van der Waals surface area (Å²) in [6, 6.07) is 3.09. The number of rotatable bonds is 3. The number of nitrogens with zero attached hydrogens (tertiary/aromatic N) is 1. The molecule has 0 radical (unpaired) electrons. The van der Waals surface area contributed by atoms with Crippen LogP contribution >= 0.6 is 39.1 Å². The zero-order chi connectivity index (χ0) is 16.9. The minimum absolute atomic E-state index is 0.273. The second-order valence-corrected chi connectivity index (χ2v) is 6.77. The van der Waals surface area contributed by atoms with Crippen LogP contribution in [0.1, 0.15) is 16.6 Å². The van der Waals surface area contributed by atoms with Crippen molar-refractivity contribution in [3.05, 3.63) is 32.3 Å². The Morgan fingerprint density at radius 1 is 1.26 bits per heavy atom. The number of halogens is 3. The number of carbonyl (C=O) groups excluding carboxylic acids is 1. The van der Waals surface area contributed by atoms with Gasteiger partial charge < -0.3 is 24.6 Å². The molecule has 2 aromatic rings. The van der Waals surface area contributed by atoms with E-state index in [9.17, 15) is 20.1 Å².